The molecule has 0 saturated carbocycles. The molecule has 1 aliphatic heterocycles. The van der Waals surface area contributed by atoms with E-state index in [0.717, 1.165) is 18.4 Å². The maximum atomic E-state index is 13.9. The van der Waals surface area contributed by atoms with Gasteiger partial charge in [0.1, 0.15) is 5.82 Å². The third-order valence-electron chi connectivity index (χ3n) is 5.07. The first-order chi connectivity index (χ1) is 12.3. The van der Waals surface area contributed by atoms with Gasteiger partial charge in [-0.25, -0.2) is 4.39 Å². The number of aryl methyl sites for hydroxylation is 1. The summed E-state index contributed by atoms with van der Waals surface area (Å²) in [6.07, 6.45) is 1.63. The van der Waals surface area contributed by atoms with Gasteiger partial charge in [-0.3, -0.25) is 19.4 Å². The number of carbonyl (C=O) groups is 2. The van der Waals surface area contributed by atoms with Crippen LogP contribution in [0.2, 0.25) is 0 Å². The second-order valence-corrected chi connectivity index (χ2v) is 6.87. The van der Waals surface area contributed by atoms with Crippen LogP contribution < -0.4 is 5.32 Å². The van der Waals surface area contributed by atoms with Gasteiger partial charge in [-0.15, -0.1) is 12.4 Å². The van der Waals surface area contributed by atoms with Crippen LogP contribution >= 0.6 is 12.4 Å². The Bertz CT molecular complexity index is 651. The lowest BCUT2D eigenvalue weighted by Crippen LogP contribution is -2.51. The number of likely N-dealkylation sites (N-methyl/N-ethyl adjacent to an activating group) is 1. The summed E-state index contributed by atoms with van der Waals surface area (Å²) in [6, 6.07) is 4.58. The van der Waals surface area contributed by atoms with Crippen LogP contribution in [-0.4, -0.2) is 65.0 Å². The molecular weight excluding hydrogens is 373 g/mol. The molecule has 1 aromatic rings. The third-order valence-corrected chi connectivity index (χ3v) is 5.07. The van der Waals surface area contributed by atoms with Crippen LogP contribution in [0.1, 0.15) is 32.3 Å². The van der Waals surface area contributed by atoms with Crippen molar-refractivity contribution in [3.8, 4) is 0 Å². The molecule has 0 aromatic heterocycles. The number of carbonyl (C=O) groups excluding carboxylic acids is 1. The highest BCUT2D eigenvalue weighted by atomic mass is 35.5. The van der Waals surface area contributed by atoms with Gasteiger partial charge in [0.2, 0.25) is 5.91 Å². The van der Waals surface area contributed by atoms with Crippen molar-refractivity contribution in [1.82, 2.24) is 9.80 Å². The standard InChI is InChI=1S/C19H28FN3O3.ClH/c1-4-22(12-18(24)25)15-7-9-23(10-8-15)14(3)19(26)21-17-6-5-13(2)11-16(17)20;/h5-6,11,14-15H,4,7-10,12H2,1-3H3,(H,21,26)(H,24,25);1H. The van der Waals surface area contributed by atoms with Crippen LogP contribution in [0, 0.1) is 12.7 Å². The van der Waals surface area contributed by atoms with E-state index in [0.29, 0.717) is 19.6 Å². The van der Waals surface area contributed by atoms with Crippen LogP contribution in [0.4, 0.5) is 10.1 Å². The van der Waals surface area contributed by atoms with Gasteiger partial charge in [0.25, 0.3) is 0 Å². The molecule has 1 atom stereocenters. The Kier molecular flexibility index (Phi) is 9.15. The molecule has 27 heavy (non-hydrogen) atoms. The number of benzene rings is 1. The highest BCUT2D eigenvalue weighted by Gasteiger charge is 2.29. The predicted octanol–water partition coefficient (Wildman–Crippen LogP) is 2.75. The summed E-state index contributed by atoms with van der Waals surface area (Å²) >= 11 is 0. The van der Waals surface area contributed by atoms with E-state index >= 15 is 0 Å². The van der Waals surface area contributed by atoms with Crippen molar-refractivity contribution in [2.45, 2.75) is 45.7 Å². The van der Waals surface area contributed by atoms with Crippen LogP contribution in [0.15, 0.2) is 18.2 Å². The number of carboxylic acid groups (broad SMARTS) is 1. The van der Waals surface area contributed by atoms with E-state index < -0.39 is 11.8 Å². The van der Waals surface area contributed by atoms with E-state index in [4.69, 9.17) is 5.11 Å². The first-order valence-corrected chi connectivity index (χ1v) is 9.08. The Hall–Kier alpha value is -1.70. The summed E-state index contributed by atoms with van der Waals surface area (Å²) in [6.45, 7) is 7.74. The lowest BCUT2D eigenvalue weighted by Gasteiger charge is -2.39. The van der Waals surface area contributed by atoms with Crippen molar-refractivity contribution >= 4 is 30.0 Å². The number of aliphatic carboxylic acids is 1. The Labute approximate surface area is 166 Å². The van der Waals surface area contributed by atoms with Gasteiger partial charge in [-0.2, -0.15) is 0 Å². The number of hydrogen-bond acceptors (Lipinski definition) is 4. The van der Waals surface area contributed by atoms with Gasteiger partial charge >= 0.3 is 5.97 Å². The van der Waals surface area contributed by atoms with Crippen molar-refractivity contribution in [1.29, 1.82) is 0 Å². The highest BCUT2D eigenvalue weighted by molar-refractivity contribution is 5.94. The molecule has 1 unspecified atom stereocenters. The molecule has 1 heterocycles. The molecule has 6 nitrogen and oxygen atoms in total. The topological polar surface area (TPSA) is 72.9 Å². The number of piperidine rings is 1. The van der Waals surface area contributed by atoms with E-state index in [1.165, 1.54) is 6.07 Å². The van der Waals surface area contributed by atoms with Crippen molar-refractivity contribution < 1.29 is 19.1 Å². The molecule has 0 bridgehead atoms. The number of nitrogens with zero attached hydrogens (tertiary/aromatic N) is 2. The Morgan fingerprint density at radius 2 is 2.00 bits per heavy atom. The van der Waals surface area contributed by atoms with Crippen molar-refractivity contribution in [3.05, 3.63) is 29.6 Å². The summed E-state index contributed by atoms with van der Waals surface area (Å²) in [5, 5.41) is 11.7. The van der Waals surface area contributed by atoms with Crippen LogP contribution in [0.3, 0.4) is 0 Å². The smallest absolute Gasteiger partial charge is 0.317 e. The summed E-state index contributed by atoms with van der Waals surface area (Å²) < 4.78 is 13.9. The van der Waals surface area contributed by atoms with Gasteiger partial charge < -0.3 is 10.4 Å². The molecule has 1 amide bonds. The quantitative estimate of drug-likeness (QED) is 0.735. The molecule has 8 heteroatoms. The fourth-order valence-corrected chi connectivity index (χ4v) is 3.44. The molecule has 1 saturated heterocycles. The van der Waals surface area contributed by atoms with Crippen LogP contribution in [0.25, 0.3) is 0 Å². The van der Waals surface area contributed by atoms with Gasteiger partial charge in [0, 0.05) is 19.1 Å². The number of rotatable bonds is 7. The Balaban J connectivity index is 0.00000364. The average Bonchev–Trinajstić information content (AvgIpc) is 2.61. The maximum Gasteiger partial charge on any atom is 0.317 e. The molecule has 1 aliphatic rings. The van der Waals surface area contributed by atoms with E-state index in [1.807, 2.05) is 18.7 Å². The van der Waals surface area contributed by atoms with E-state index in [-0.39, 0.29) is 42.6 Å². The second kappa shape index (κ2) is 10.6. The third kappa shape index (κ3) is 6.45. The Morgan fingerprint density at radius 1 is 1.37 bits per heavy atom. The average molecular weight is 402 g/mol. The SMILES string of the molecule is CCN(CC(=O)O)C1CCN(C(C)C(=O)Nc2ccc(C)cc2F)CC1.Cl. The van der Waals surface area contributed by atoms with Crippen LogP contribution in [0.5, 0.6) is 0 Å². The number of likely N-dealkylation sites (tertiary alicyclic amines) is 1. The molecule has 152 valence electrons. The van der Waals surface area contributed by atoms with E-state index in [1.54, 1.807) is 19.1 Å². The number of hydrogen-bond donors (Lipinski definition) is 2. The minimum Gasteiger partial charge on any atom is -0.480 e. The zero-order valence-corrected chi connectivity index (χ0v) is 16.9. The first kappa shape index (κ1) is 23.3. The normalized spacial score (nSPS) is 16.6. The fourth-order valence-electron chi connectivity index (χ4n) is 3.44. The predicted molar refractivity (Wildman–Crippen MR) is 106 cm³/mol. The molecule has 2 rings (SSSR count). The van der Waals surface area contributed by atoms with Gasteiger partial charge in [0.15, 0.2) is 0 Å². The first-order valence-electron chi connectivity index (χ1n) is 9.08. The zero-order chi connectivity index (χ0) is 19.3. The summed E-state index contributed by atoms with van der Waals surface area (Å²) in [7, 11) is 0. The van der Waals surface area contributed by atoms with Crippen LogP contribution in [-0.2, 0) is 9.59 Å². The van der Waals surface area contributed by atoms with Crippen molar-refractivity contribution in [2.24, 2.45) is 0 Å². The number of amides is 1. The van der Waals surface area contributed by atoms with Crippen molar-refractivity contribution in [3.63, 3.8) is 0 Å². The molecule has 0 spiro atoms. The fraction of sp³-hybridized carbons (Fsp3) is 0.579. The molecule has 0 radical (unpaired) electrons. The molecule has 0 aliphatic carbocycles. The maximum absolute atomic E-state index is 13.9. The lowest BCUT2D eigenvalue weighted by molar-refractivity contribution is -0.139. The Morgan fingerprint density at radius 3 is 2.52 bits per heavy atom. The molecule has 1 fully saturated rings. The molecule has 1 aromatic carbocycles. The number of anilines is 1. The summed E-state index contributed by atoms with van der Waals surface area (Å²) in [4.78, 5) is 27.4. The summed E-state index contributed by atoms with van der Waals surface area (Å²) in [5.74, 6) is -1.48. The number of halogens is 2. The summed E-state index contributed by atoms with van der Waals surface area (Å²) in [5.41, 5.74) is 0.999. The monoisotopic (exact) mass is 401 g/mol. The molecule has 2 N–H and O–H groups in total. The van der Waals surface area contributed by atoms with Gasteiger partial charge in [-0.1, -0.05) is 13.0 Å². The number of nitrogens with one attached hydrogen (secondary N) is 1. The highest BCUT2D eigenvalue weighted by Crippen LogP contribution is 2.20. The lowest BCUT2D eigenvalue weighted by atomic mass is 10.0. The molecular formula is C19H29ClFN3O3. The minimum absolute atomic E-state index is 0. The number of carboxylic acids is 1. The van der Waals surface area contributed by atoms with E-state index in [2.05, 4.69) is 10.2 Å². The minimum atomic E-state index is -0.817. The van der Waals surface area contributed by atoms with E-state index in [9.17, 15) is 14.0 Å². The van der Waals surface area contributed by atoms with Gasteiger partial charge in [-0.05, 0) is 50.9 Å². The zero-order valence-electron chi connectivity index (χ0n) is 16.1. The largest absolute Gasteiger partial charge is 0.480 e. The van der Waals surface area contributed by atoms with Gasteiger partial charge in [0.05, 0.1) is 18.3 Å². The van der Waals surface area contributed by atoms with Crippen molar-refractivity contribution in [2.75, 3.05) is 31.5 Å². The second-order valence-electron chi connectivity index (χ2n) is 6.87.